The molecular formula is C28H37FN4O3S. The number of ketones is 1. The molecule has 2 bridgehead atoms. The summed E-state index contributed by atoms with van der Waals surface area (Å²) >= 11 is 0. The van der Waals surface area contributed by atoms with Crippen molar-refractivity contribution in [1.29, 1.82) is 0 Å². The van der Waals surface area contributed by atoms with Crippen LogP contribution in [0.2, 0.25) is 0 Å². The van der Waals surface area contributed by atoms with Crippen LogP contribution in [0.1, 0.15) is 62.7 Å². The summed E-state index contributed by atoms with van der Waals surface area (Å²) in [5, 5.41) is 0. The Bertz CT molecular complexity index is 1320. The number of piperazine rings is 1. The summed E-state index contributed by atoms with van der Waals surface area (Å²) in [5.74, 6) is 1.52. The third kappa shape index (κ3) is 4.48. The first-order valence-corrected chi connectivity index (χ1v) is 14.9. The average Bonchev–Trinajstić information content (AvgIpc) is 3.19. The quantitative estimate of drug-likeness (QED) is 0.542. The van der Waals surface area contributed by atoms with Gasteiger partial charge in [0, 0.05) is 55.7 Å². The lowest BCUT2D eigenvalue weighted by Crippen LogP contribution is -2.53. The summed E-state index contributed by atoms with van der Waals surface area (Å²) < 4.78 is 42.6. The fraction of sp³-hybridized carbons (Fsp3) is 0.607. The van der Waals surface area contributed by atoms with Crippen molar-refractivity contribution in [2.75, 3.05) is 36.8 Å². The molecule has 7 nitrogen and oxygen atoms in total. The second-order valence-electron chi connectivity index (χ2n) is 11.5. The van der Waals surface area contributed by atoms with Crippen LogP contribution in [0.15, 0.2) is 24.3 Å². The van der Waals surface area contributed by atoms with Gasteiger partial charge in [-0.05, 0) is 55.2 Å². The number of benzene rings is 1. The van der Waals surface area contributed by atoms with Gasteiger partial charge in [0.05, 0.1) is 5.75 Å². The summed E-state index contributed by atoms with van der Waals surface area (Å²) in [7, 11) is -3.59. The van der Waals surface area contributed by atoms with Crippen LogP contribution in [-0.4, -0.2) is 60.4 Å². The Morgan fingerprint density at radius 2 is 1.86 bits per heavy atom. The van der Waals surface area contributed by atoms with Gasteiger partial charge in [0.25, 0.3) is 0 Å². The van der Waals surface area contributed by atoms with Crippen LogP contribution in [0, 0.1) is 29.5 Å². The van der Waals surface area contributed by atoms with Crippen LogP contribution in [0.5, 0.6) is 0 Å². The Balaban J connectivity index is 1.36. The summed E-state index contributed by atoms with van der Waals surface area (Å²) in [6.45, 7) is 9.76. The van der Waals surface area contributed by atoms with E-state index in [-0.39, 0.29) is 28.7 Å². The molecule has 200 valence electrons. The van der Waals surface area contributed by atoms with Gasteiger partial charge in [0.2, 0.25) is 10.0 Å². The zero-order valence-corrected chi connectivity index (χ0v) is 23.1. The minimum absolute atomic E-state index is 0.0836. The number of aromatic nitrogens is 2. The maximum atomic E-state index is 13.9. The molecule has 1 aromatic heterocycles. The first-order chi connectivity index (χ1) is 17.5. The summed E-state index contributed by atoms with van der Waals surface area (Å²) in [4.78, 5) is 24.5. The number of fused-ring (bicyclic) bond motifs is 2. The van der Waals surface area contributed by atoms with Gasteiger partial charge in [0.1, 0.15) is 23.2 Å². The highest BCUT2D eigenvalue weighted by Gasteiger charge is 2.65. The van der Waals surface area contributed by atoms with Crippen LogP contribution in [0.3, 0.4) is 0 Å². The first kappa shape index (κ1) is 26.2. The highest BCUT2D eigenvalue weighted by molar-refractivity contribution is 7.89. The third-order valence-corrected chi connectivity index (χ3v) is 11.3. The lowest BCUT2D eigenvalue weighted by atomic mass is 9.70. The summed E-state index contributed by atoms with van der Waals surface area (Å²) in [6, 6.07) is 6.57. The molecule has 2 saturated carbocycles. The fourth-order valence-corrected chi connectivity index (χ4v) is 9.11. The molecule has 3 aliphatic rings. The van der Waals surface area contributed by atoms with Gasteiger partial charge in [-0.15, -0.1) is 0 Å². The third-order valence-electron chi connectivity index (χ3n) is 9.29. The van der Waals surface area contributed by atoms with Crippen molar-refractivity contribution >= 4 is 21.6 Å². The van der Waals surface area contributed by atoms with Crippen molar-refractivity contribution in [2.45, 2.75) is 59.8 Å². The normalized spacial score (nSPS) is 25.7. The number of anilines is 1. The minimum atomic E-state index is -3.59. The number of halogens is 1. The number of hydrogen-bond donors (Lipinski definition) is 0. The fourth-order valence-electron chi connectivity index (χ4n) is 6.91. The maximum absolute atomic E-state index is 13.9. The number of sulfonamides is 1. The molecule has 3 fully saturated rings. The lowest BCUT2D eigenvalue weighted by Gasteiger charge is -2.40. The molecule has 1 aliphatic heterocycles. The van der Waals surface area contributed by atoms with E-state index < -0.39 is 15.4 Å². The summed E-state index contributed by atoms with van der Waals surface area (Å²) in [6.07, 6.45) is 3.35. The van der Waals surface area contributed by atoms with Crippen LogP contribution in [0.25, 0.3) is 0 Å². The Labute approximate surface area is 219 Å². The van der Waals surface area contributed by atoms with Gasteiger partial charge >= 0.3 is 0 Å². The number of nitrogens with zero attached hydrogens (tertiary/aromatic N) is 4. The van der Waals surface area contributed by atoms with Crippen molar-refractivity contribution in [3.8, 4) is 0 Å². The summed E-state index contributed by atoms with van der Waals surface area (Å²) in [5.41, 5.74) is 1.70. The topological polar surface area (TPSA) is 83.5 Å². The minimum Gasteiger partial charge on any atom is -0.354 e. The Kier molecular flexibility index (Phi) is 6.67. The Morgan fingerprint density at radius 3 is 2.46 bits per heavy atom. The van der Waals surface area contributed by atoms with Crippen LogP contribution in [-0.2, 0) is 27.7 Å². The molecule has 2 aromatic rings. The van der Waals surface area contributed by atoms with Crippen molar-refractivity contribution in [1.82, 2.24) is 14.3 Å². The highest BCUT2D eigenvalue weighted by Crippen LogP contribution is 2.64. The van der Waals surface area contributed by atoms with Gasteiger partial charge in [0.15, 0.2) is 0 Å². The van der Waals surface area contributed by atoms with E-state index in [9.17, 15) is 17.6 Å². The number of Topliss-reactive ketones (excluding diaryl/α,β-unsaturated/α-hetero) is 1. The van der Waals surface area contributed by atoms with Crippen LogP contribution < -0.4 is 4.90 Å². The van der Waals surface area contributed by atoms with Crippen LogP contribution >= 0.6 is 0 Å². The van der Waals surface area contributed by atoms with E-state index in [0.717, 1.165) is 35.5 Å². The second-order valence-corrected chi connectivity index (χ2v) is 13.5. The zero-order valence-electron chi connectivity index (χ0n) is 22.3. The van der Waals surface area contributed by atoms with Gasteiger partial charge in [-0.3, -0.25) is 4.79 Å². The molecule has 1 aromatic carbocycles. The molecule has 5 rings (SSSR count). The lowest BCUT2D eigenvalue weighted by molar-refractivity contribution is -0.128. The highest BCUT2D eigenvalue weighted by atomic mass is 32.2. The van der Waals surface area contributed by atoms with Gasteiger partial charge in [-0.2, -0.15) is 4.31 Å². The molecule has 37 heavy (non-hydrogen) atoms. The maximum Gasteiger partial charge on any atom is 0.215 e. The van der Waals surface area contributed by atoms with E-state index in [1.807, 2.05) is 19.9 Å². The predicted molar refractivity (Wildman–Crippen MR) is 141 cm³/mol. The van der Waals surface area contributed by atoms with Gasteiger partial charge in [-0.25, -0.2) is 22.8 Å². The number of carbonyl (C=O) groups is 1. The zero-order chi connectivity index (χ0) is 26.6. The molecule has 9 heteroatoms. The largest absolute Gasteiger partial charge is 0.354 e. The molecule has 2 aliphatic carbocycles. The standard InChI is InChI=1S/C28H37FN4O3S/c1-5-24-23(16-20-7-6-8-22(29)15-20)26(31-19(2)30-24)32-11-13-33(14-12-32)37(35,36)18-28-10-9-21(17-25(28)34)27(28,3)4/h6-8,15,21H,5,9-14,16-18H2,1-4H3. The average molecular weight is 529 g/mol. The van der Waals surface area contributed by atoms with Crippen molar-refractivity contribution in [2.24, 2.45) is 16.7 Å². The Morgan fingerprint density at radius 1 is 1.14 bits per heavy atom. The molecule has 2 heterocycles. The first-order valence-electron chi connectivity index (χ1n) is 13.3. The van der Waals surface area contributed by atoms with E-state index in [2.05, 4.69) is 23.7 Å². The van der Waals surface area contributed by atoms with E-state index in [1.54, 1.807) is 10.4 Å². The van der Waals surface area contributed by atoms with Crippen LogP contribution in [0.4, 0.5) is 10.2 Å². The molecule has 0 N–H and O–H groups in total. The van der Waals surface area contributed by atoms with E-state index in [4.69, 9.17) is 4.98 Å². The van der Waals surface area contributed by atoms with Crippen molar-refractivity contribution < 1.29 is 17.6 Å². The Hall–Kier alpha value is -2.39. The number of aryl methyl sites for hydroxylation is 2. The molecule has 2 atom stereocenters. The molecular weight excluding hydrogens is 491 g/mol. The van der Waals surface area contributed by atoms with E-state index in [0.29, 0.717) is 51.3 Å². The van der Waals surface area contributed by atoms with E-state index in [1.165, 1.54) is 12.1 Å². The monoisotopic (exact) mass is 528 g/mol. The number of rotatable bonds is 7. The molecule has 1 saturated heterocycles. The van der Waals surface area contributed by atoms with Gasteiger partial charge < -0.3 is 4.90 Å². The molecule has 2 unspecified atom stereocenters. The predicted octanol–water partition coefficient (Wildman–Crippen LogP) is 3.92. The number of hydrogen-bond acceptors (Lipinski definition) is 6. The molecule has 0 radical (unpaired) electrons. The SMILES string of the molecule is CCc1nc(C)nc(N2CCN(S(=O)(=O)CC34CCC(CC3=O)C4(C)C)CC2)c1Cc1cccc(F)c1. The van der Waals surface area contributed by atoms with Crippen molar-refractivity contribution in [3.05, 3.63) is 52.7 Å². The van der Waals surface area contributed by atoms with Gasteiger partial charge in [-0.1, -0.05) is 32.9 Å². The van der Waals surface area contributed by atoms with Crippen molar-refractivity contribution in [3.63, 3.8) is 0 Å². The van der Waals surface area contributed by atoms with E-state index >= 15 is 0 Å². The smallest absolute Gasteiger partial charge is 0.215 e. The molecule has 0 amide bonds. The second kappa shape index (κ2) is 9.42. The number of carbonyl (C=O) groups excluding carboxylic acids is 1. The molecule has 0 spiro atoms.